The Morgan fingerprint density at radius 1 is 1.39 bits per heavy atom. The third kappa shape index (κ3) is 4.53. The van der Waals surface area contributed by atoms with Crippen LogP contribution in [-0.4, -0.2) is 51.4 Å². The topological polar surface area (TPSA) is 58.6 Å². The molecule has 0 unspecified atom stereocenters. The first kappa shape index (κ1) is 16.9. The van der Waals surface area contributed by atoms with Gasteiger partial charge in [0.25, 0.3) is 0 Å². The van der Waals surface area contributed by atoms with E-state index in [0.29, 0.717) is 19.1 Å². The number of aryl methyl sites for hydroxylation is 1. The molecule has 1 N–H and O–H groups in total. The SMILES string of the molecule is Cc1cccc(CN2CC3(CC[C@H](CNS(C)(=O)=O)CO3)C2)c1. The molecule has 2 saturated heterocycles. The third-order valence-electron chi connectivity index (χ3n) is 4.78. The van der Waals surface area contributed by atoms with Crippen molar-refractivity contribution in [1.82, 2.24) is 9.62 Å². The highest BCUT2D eigenvalue weighted by molar-refractivity contribution is 7.88. The Hall–Kier alpha value is -0.950. The van der Waals surface area contributed by atoms with Gasteiger partial charge in [-0.05, 0) is 31.2 Å². The minimum absolute atomic E-state index is 0.00537. The molecule has 0 aliphatic carbocycles. The average Bonchev–Trinajstić information content (AvgIpc) is 2.44. The van der Waals surface area contributed by atoms with E-state index in [9.17, 15) is 8.42 Å². The summed E-state index contributed by atoms with van der Waals surface area (Å²) in [6.07, 6.45) is 3.25. The largest absolute Gasteiger partial charge is 0.372 e. The zero-order valence-electron chi connectivity index (χ0n) is 13.9. The van der Waals surface area contributed by atoms with E-state index in [1.807, 2.05) is 0 Å². The van der Waals surface area contributed by atoms with Gasteiger partial charge < -0.3 is 4.74 Å². The van der Waals surface area contributed by atoms with Gasteiger partial charge in [-0.1, -0.05) is 29.8 Å². The van der Waals surface area contributed by atoms with Crippen LogP contribution in [0.1, 0.15) is 24.0 Å². The van der Waals surface area contributed by atoms with Crippen LogP contribution in [0.15, 0.2) is 24.3 Å². The molecule has 2 aliphatic rings. The van der Waals surface area contributed by atoms with Gasteiger partial charge >= 0.3 is 0 Å². The summed E-state index contributed by atoms with van der Waals surface area (Å²) in [6.45, 7) is 6.20. The lowest BCUT2D eigenvalue weighted by Crippen LogP contribution is -2.64. The molecular weight excluding hydrogens is 312 g/mol. The van der Waals surface area contributed by atoms with Gasteiger partial charge in [-0.15, -0.1) is 0 Å². The van der Waals surface area contributed by atoms with Crippen LogP contribution in [0.25, 0.3) is 0 Å². The molecule has 1 aromatic carbocycles. The molecule has 6 heteroatoms. The van der Waals surface area contributed by atoms with Gasteiger partial charge in [0, 0.05) is 26.2 Å². The van der Waals surface area contributed by atoms with Crippen LogP contribution in [-0.2, 0) is 21.3 Å². The van der Waals surface area contributed by atoms with Crippen LogP contribution in [0, 0.1) is 12.8 Å². The van der Waals surface area contributed by atoms with Crippen molar-refractivity contribution in [3.8, 4) is 0 Å². The highest BCUT2D eigenvalue weighted by Crippen LogP contribution is 2.36. The fourth-order valence-electron chi connectivity index (χ4n) is 3.55. The van der Waals surface area contributed by atoms with E-state index in [0.717, 1.165) is 32.5 Å². The van der Waals surface area contributed by atoms with E-state index in [2.05, 4.69) is 40.8 Å². The zero-order chi connectivity index (χ0) is 16.5. The van der Waals surface area contributed by atoms with E-state index in [1.165, 1.54) is 17.4 Å². The lowest BCUT2D eigenvalue weighted by Gasteiger charge is -2.53. The average molecular weight is 338 g/mol. The number of rotatable bonds is 5. The second kappa shape index (κ2) is 6.51. The fraction of sp³-hybridized carbons (Fsp3) is 0.647. The van der Waals surface area contributed by atoms with Crippen molar-refractivity contribution in [2.45, 2.75) is 31.9 Å². The maximum atomic E-state index is 11.2. The molecule has 0 radical (unpaired) electrons. The van der Waals surface area contributed by atoms with Crippen molar-refractivity contribution in [3.63, 3.8) is 0 Å². The van der Waals surface area contributed by atoms with Crippen LogP contribution in [0.2, 0.25) is 0 Å². The Kier molecular flexibility index (Phi) is 4.78. The van der Waals surface area contributed by atoms with E-state index in [4.69, 9.17) is 4.74 Å². The van der Waals surface area contributed by atoms with Crippen LogP contribution in [0.3, 0.4) is 0 Å². The lowest BCUT2D eigenvalue weighted by atomic mass is 9.83. The van der Waals surface area contributed by atoms with Crippen molar-refractivity contribution in [3.05, 3.63) is 35.4 Å². The molecule has 128 valence electrons. The summed E-state index contributed by atoms with van der Waals surface area (Å²) in [7, 11) is -3.10. The summed E-state index contributed by atoms with van der Waals surface area (Å²) >= 11 is 0. The first-order chi connectivity index (χ1) is 10.8. The predicted octanol–water partition coefficient (Wildman–Crippen LogP) is 1.53. The normalized spacial score (nSPS) is 24.5. The van der Waals surface area contributed by atoms with Gasteiger partial charge in [0.05, 0.1) is 18.5 Å². The molecule has 1 atom stereocenters. The van der Waals surface area contributed by atoms with Gasteiger partial charge in [-0.2, -0.15) is 0 Å². The number of nitrogens with one attached hydrogen (secondary N) is 1. The second-order valence-electron chi connectivity index (χ2n) is 7.15. The van der Waals surface area contributed by atoms with E-state index in [1.54, 1.807) is 0 Å². The molecule has 23 heavy (non-hydrogen) atoms. The van der Waals surface area contributed by atoms with Crippen molar-refractivity contribution in [2.24, 2.45) is 5.92 Å². The minimum Gasteiger partial charge on any atom is -0.372 e. The van der Waals surface area contributed by atoms with E-state index >= 15 is 0 Å². The molecule has 3 rings (SSSR count). The first-order valence-electron chi connectivity index (χ1n) is 8.20. The van der Waals surface area contributed by atoms with Gasteiger partial charge in [-0.3, -0.25) is 4.90 Å². The van der Waals surface area contributed by atoms with Crippen LogP contribution >= 0.6 is 0 Å². The van der Waals surface area contributed by atoms with Gasteiger partial charge in [0.15, 0.2) is 0 Å². The molecular formula is C17H26N2O3S. The number of likely N-dealkylation sites (tertiary alicyclic amines) is 1. The number of hydrogen-bond acceptors (Lipinski definition) is 4. The molecule has 0 saturated carbocycles. The molecule has 2 heterocycles. The number of sulfonamides is 1. The number of ether oxygens (including phenoxy) is 1. The summed E-state index contributed by atoms with van der Waals surface area (Å²) in [5.74, 6) is 0.293. The quantitative estimate of drug-likeness (QED) is 0.884. The summed E-state index contributed by atoms with van der Waals surface area (Å²) in [5.41, 5.74) is 2.66. The molecule has 1 spiro atoms. The Morgan fingerprint density at radius 2 is 2.17 bits per heavy atom. The van der Waals surface area contributed by atoms with Crippen LogP contribution in [0.5, 0.6) is 0 Å². The number of hydrogen-bond donors (Lipinski definition) is 1. The third-order valence-corrected chi connectivity index (χ3v) is 5.47. The van der Waals surface area contributed by atoms with Crippen LogP contribution in [0.4, 0.5) is 0 Å². The van der Waals surface area contributed by atoms with Crippen LogP contribution < -0.4 is 4.72 Å². The minimum atomic E-state index is -3.10. The summed E-state index contributed by atoms with van der Waals surface area (Å²) < 4.78 is 31.0. The van der Waals surface area contributed by atoms with Crippen molar-refractivity contribution >= 4 is 10.0 Å². The Morgan fingerprint density at radius 3 is 2.78 bits per heavy atom. The molecule has 1 aromatic rings. The predicted molar refractivity (Wildman–Crippen MR) is 90.7 cm³/mol. The lowest BCUT2D eigenvalue weighted by molar-refractivity contribution is -0.181. The van der Waals surface area contributed by atoms with E-state index < -0.39 is 10.0 Å². The summed E-state index contributed by atoms with van der Waals surface area (Å²) in [6, 6.07) is 8.64. The molecule has 2 aliphatic heterocycles. The van der Waals surface area contributed by atoms with Crippen molar-refractivity contribution in [1.29, 1.82) is 0 Å². The number of benzene rings is 1. The Balaban J connectivity index is 1.43. The van der Waals surface area contributed by atoms with Crippen molar-refractivity contribution in [2.75, 3.05) is 32.5 Å². The highest BCUT2D eigenvalue weighted by atomic mass is 32.2. The van der Waals surface area contributed by atoms with E-state index in [-0.39, 0.29) is 5.60 Å². The summed E-state index contributed by atoms with van der Waals surface area (Å²) in [5, 5.41) is 0. The van der Waals surface area contributed by atoms with Crippen molar-refractivity contribution < 1.29 is 13.2 Å². The first-order valence-corrected chi connectivity index (χ1v) is 10.1. The Labute approximate surface area is 139 Å². The summed E-state index contributed by atoms with van der Waals surface area (Å²) in [4.78, 5) is 2.42. The standard InChI is InChI=1S/C17H26N2O3S/c1-14-4-3-5-15(8-14)10-19-12-17(13-19)7-6-16(11-22-17)9-18-23(2,20)21/h3-5,8,16,18H,6-7,9-13H2,1-2H3/t16-/m1/s1. The molecule has 0 aromatic heterocycles. The van der Waals surface area contributed by atoms with Gasteiger partial charge in [-0.25, -0.2) is 13.1 Å². The molecule has 2 fully saturated rings. The monoisotopic (exact) mass is 338 g/mol. The zero-order valence-corrected chi connectivity index (χ0v) is 14.7. The second-order valence-corrected chi connectivity index (χ2v) is 8.99. The molecule has 0 amide bonds. The molecule has 0 bridgehead atoms. The van der Waals surface area contributed by atoms with Gasteiger partial charge in [0.1, 0.15) is 0 Å². The fourth-order valence-corrected chi connectivity index (χ4v) is 4.08. The maximum Gasteiger partial charge on any atom is 0.208 e. The molecule has 5 nitrogen and oxygen atoms in total. The number of nitrogens with zero attached hydrogens (tertiary/aromatic N) is 1. The maximum absolute atomic E-state index is 11.2. The van der Waals surface area contributed by atoms with Gasteiger partial charge in [0.2, 0.25) is 10.0 Å². The Bertz CT molecular complexity index is 644. The highest BCUT2D eigenvalue weighted by Gasteiger charge is 2.46. The smallest absolute Gasteiger partial charge is 0.208 e.